The van der Waals surface area contributed by atoms with Gasteiger partial charge >= 0.3 is 12.1 Å². The van der Waals surface area contributed by atoms with Crippen molar-refractivity contribution in [2.24, 2.45) is 29.6 Å². The maximum atomic E-state index is 12.4. The van der Waals surface area contributed by atoms with Gasteiger partial charge in [-0.1, -0.05) is 61.1 Å². The molecule has 5 atom stereocenters. The number of amides is 1. The molecule has 0 aromatic carbocycles. The number of aliphatic hydroxyl groups is 1. The fourth-order valence-electron chi connectivity index (χ4n) is 4.96. The molecule has 7 nitrogen and oxygen atoms in total. The van der Waals surface area contributed by atoms with Crippen LogP contribution in [-0.4, -0.2) is 55.7 Å². The maximum absolute atomic E-state index is 12.4. The Morgan fingerprint density at radius 2 is 1.57 bits per heavy atom. The molecule has 1 heterocycles. The lowest BCUT2D eigenvalue weighted by atomic mass is 9.87. The summed E-state index contributed by atoms with van der Waals surface area (Å²) in [6, 6.07) is -0.610. The number of aliphatic carboxylic acids is 1. The standard InChI is InChI=1S/C29H53NO6Si/c1-17(2)22-16-37(26(19(5)6)25(22)18(3)4)35-13-12-20(7)14-23(24(31)15-21(8)27(32)33)30-28(34)36-29(9,10)11/h16-21,23-24,31,37H,12-15H2,1-11H3,(H,30,34)(H,32,33)/t20-,21+,23-,24-,37?/m0/s1. The smallest absolute Gasteiger partial charge is 0.407 e. The molecular weight excluding hydrogens is 486 g/mol. The molecule has 0 saturated carbocycles. The highest BCUT2D eigenvalue weighted by Gasteiger charge is 2.33. The van der Waals surface area contributed by atoms with Gasteiger partial charge in [-0.3, -0.25) is 4.79 Å². The summed E-state index contributed by atoms with van der Waals surface area (Å²) in [4.78, 5) is 23.8. The summed E-state index contributed by atoms with van der Waals surface area (Å²) in [5.41, 5.74) is 4.69. The first-order chi connectivity index (χ1) is 16.9. The molecule has 1 rings (SSSR count). The lowest BCUT2D eigenvalue weighted by Gasteiger charge is -2.29. The van der Waals surface area contributed by atoms with Crippen molar-refractivity contribution in [3.8, 4) is 0 Å². The molecule has 3 N–H and O–H groups in total. The monoisotopic (exact) mass is 539 g/mol. The van der Waals surface area contributed by atoms with Gasteiger partial charge in [0.1, 0.15) is 5.60 Å². The number of aliphatic hydroxyl groups excluding tert-OH is 1. The van der Waals surface area contributed by atoms with Gasteiger partial charge in [-0.15, -0.1) is 0 Å². The third kappa shape index (κ3) is 10.9. The zero-order valence-electron chi connectivity index (χ0n) is 25.1. The molecule has 8 heteroatoms. The molecule has 1 aliphatic heterocycles. The molecule has 0 radical (unpaired) electrons. The van der Waals surface area contributed by atoms with Gasteiger partial charge < -0.3 is 24.7 Å². The van der Waals surface area contributed by atoms with Crippen LogP contribution in [0.5, 0.6) is 0 Å². The number of hydrogen-bond acceptors (Lipinski definition) is 5. The molecule has 214 valence electrons. The zero-order chi connectivity index (χ0) is 28.7. The predicted octanol–water partition coefficient (Wildman–Crippen LogP) is 5.79. The van der Waals surface area contributed by atoms with Gasteiger partial charge in [0.15, 0.2) is 0 Å². The Kier molecular flexibility index (Phi) is 13.1. The van der Waals surface area contributed by atoms with Gasteiger partial charge in [0.25, 0.3) is 0 Å². The second kappa shape index (κ2) is 14.5. The number of hydrogen-bond donors (Lipinski definition) is 3. The minimum absolute atomic E-state index is 0.0529. The maximum Gasteiger partial charge on any atom is 0.407 e. The fourth-order valence-corrected chi connectivity index (χ4v) is 8.16. The van der Waals surface area contributed by atoms with Gasteiger partial charge in [0.2, 0.25) is 9.04 Å². The van der Waals surface area contributed by atoms with Crippen LogP contribution < -0.4 is 5.32 Å². The van der Waals surface area contributed by atoms with Crippen molar-refractivity contribution in [3.05, 3.63) is 22.0 Å². The van der Waals surface area contributed by atoms with Crippen molar-refractivity contribution in [2.45, 2.75) is 113 Å². The number of carboxylic acids is 1. The Morgan fingerprint density at radius 3 is 2.03 bits per heavy atom. The summed E-state index contributed by atoms with van der Waals surface area (Å²) >= 11 is 0. The molecule has 0 fully saturated rings. The third-order valence-electron chi connectivity index (χ3n) is 6.83. The number of alkyl carbamates (subject to hydrolysis) is 1. The van der Waals surface area contributed by atoms with Crippen molar-refractivity contribution in [1.29, 1.82) is 0 Å². The van der Waals surface area contributed by atoms with E-state index in [0.29, 0.717) is 30.8 Å². The highest BCUT2D eigenvalue weighted by molar-refractivity contribution is 6.67. The molecule has 1 amide bonds. The molecule has 0 saturated heterocycles. The van der Waals surface area contributed by atoms with Crippen LogP contribution in [0.1, 0.15) is 95.4 Å². The minimum atomic E-state index is -1.66. The van der Waals surface area contributed by atoms with Crippen LogP contribution in [0.3, 0.4) is 0 Å². The molecule has 1 aliphatic rings. The van der Waals surface area contributed by atoms with Gasteiger partial charge in [-0.05, 0) is 80.0 Å². The first-order valence-electron chi connectivity index (χ1n) is 13.9. The second-order valence-corrected chi connectivity index (χ2v) is 14.8. The largest absolute Gasteiger partial charge is 0.481 e. The lowest BCUT2D eigenvalue weighted by molar-refractivity contribution is -0.142. The lowest BCUT2D eigenvalue weighted by Crippen LogP contribution is -2.47. The minimum Gasteiger partial charge on any atom is -0.481 e. The number of nitrogens with one attached hydrogen (secondary N) is 1. The molecule has 0 spiro atoms. The molecule has 0 aromatic heterocycles. The summed E-state index contributed by atoms with van der Waals surface area (Å²) < 4.78 is 11.9. The Balaban J connectivity index is 2.88. The summed E-state index contributed by atoms with van der Waals surface area (Å²) in [6.45, 7) is 23.1. The summed E-state index contributed by atoms with van der Waals surface area (Å²) in [5.74, 6) is -0.145. The molecule has 0 aliphatic carbocycles. The van der Waals surface area contributed by atoms with Crippen LogP contribution in [0.2, 0.25) is 0 Å². The van der Waals surface area contributed by atoms with Gasteiger partial charge in [0, 0.05) is 6.61 Å². The van der Waals surface area contributed by atoms with E-state index in [9.17, 15) is 19.8 Å². The van der Waals surface area contributed by atoms with Crippen LogP contribution in [0.25, 0.3) is 0 Å². The molecule has 0 aromatic rings. The number of ether oxygens (including phenoxy) is 1. The van der Waals surface area contributed by atoms with Gasteiger partial charge in [-0.25, -0.2) is 4.79 Å². The molecular formula is C29H53NO6Si. The van der Waals surface area contributed by atoms with Crippen LogP contribution in [0.4, 0.5) is 4.79 Å². The normalized spacial score (nSPS) is 19.8. The van der Waals surface area contributed by atoms with Crippen LogP contribution in [-0.2, 0) is 14.0 Å². The first kappa shape index (κ1) is 33.4. The van der Waals surface area contributed by atoms with E-state index in [0.717, 1.165) is 6.42 Å². The number of allylic oxidation sites excluding steroid dienone is 3. The number of carbonyl (C=O) groups excluding carboxylic acids is 1. The zero-order valence-corrected chi connectivity index (χ0v) is 26.2. The Morgan fingerprint density at radius 1 is 0.973 bits per heavy atom. The Bertz CT molecular complexity index is 827. The van der Waals surface area contributed by atoms with E-state index < -0.39 is 44.8 Å². The first-order valence-corrected chi connectivity index (χ1v) is 15.6. The average molecular weight is 540 g/mol. The van der Waals surface area contributed by atoms with E-state index in [1.807, 2.05) is 0 Å². The van der Waals surface area contributed by atoms with E-state index in [2.05, 4.69) is 59.5 Å². The second-order valence-electron chi connectivity index (χ2n) is 12.7. The predicted molar refractivity (Wildman–Crippen MR) is 152 cm³/mol. The highest BCUT2D eigenvalue weighted by atomic mass is 28.3. The van der Waals surface area contributed by atoms with Crippen LogP contribution in [0, 0.1) is 29.6 Å². The number of carbonyl (C=O) groups is 2. The molecule has 1 unspecified atom stereocenters. The highest BCUT2D eigenvalue weighted by Crippen LogP contribution is 2.39. The number of rotatable bonds is 14. The van der Waals surface area contributed by atoms with E-state index in [1.165, 1.54) is 16.3 Å². The van der Waals surface area contributed by atoms with Gasteiger partial charge in [-0.2, -0.15) is 0 Å². The summed E-state index contributed by atoms with van der Waals surface area (Å²) in [5, 5.41) is 24.4. The topological polar surface area (TPSA) is 105 Å². The fraction of sp³-hybridized carbons (Fsp3) is 0.793. The average Bonchev–Trinajstić information content (AvgIpc) is 3.12. The van der Waals surface area contributed by atoms with Crippen molar-refractivity contribution in [3.63, 3.8) is 0 Å². The molecule has 0 bridgehead atoms. The van der Waals surface area contributed by atoms with E-state index in [4.69, 9.17) is 9.16 Å². The van der Waals surface area contributed by atoms with E-state index in [1.54, 1.807) is 27.7 Å². The Hall–Kier alpha value is -1.64. The van der Waals surface area contributed by atoms with E-state index >= 15 is 0 Å². The molecule has 37 heavy (non-hydrogen) atoms. The Labute approximate surface area is 226 Å². The summed E-state index contributed by atoms with van der Waals surface area (Å²) in [6.07, 6.45) is -0.270. The quantitative estimate of drug-likeness (QED) is 0.241. The van der Waals surface area contributed by atoms with Gasteiger partial charge in [0.05, 0.1) is 18.1 Å². The van der Waals surface area contributed by atoms with Crippen molar-refractivity contribution < 1.29 is 29.0 Å². The number of carboxylic acid groups (broad SMARTS) is 1. The van der Waals surface area contributed by atoms with Crippen molar-refractivity contribution in [2.75, 3.05) is 6.61 Å². The van der Waals surface area contributed by atoms with E-state index in [-0.39, 0.29) is 12.3 Å². The van der Waals surface area contributed by atoms with Crippen molar-refractivity contribution in [1.82, 2.24) is 5.32 Å². The third-order valence-corrected chi connectivity index (χ3v) is 9.68. The van der Waals surface area contributed by atoms with Crippen molar-refractivity contribution >= 4 is 21.1 Å². The SMILES string of the molecule is CC(C)C1=C[SiH](OCC[C@H](C)C[C@H](NC(=O)OC(C)(C)C)[C@@H](O)C[C@@H](C)C(=O)O)C(C(C)C)=C1C(C)C. The van der Waals surface area contributed by atoms with Crippen LogP contribution in [0.15, 0.2) is 22.0 Å². The summed E-state index contributed by atoms with van der Waals surface area (Å²) in [7, 11) is -1.66. The van der Waals surface area contributed by atoms with Crippen LogP contribution >= 0.6 is 0 Å².